The summed E-state index contributed by atoms with van der Waals surface area (Å²) in [5.41, 5.74) is 6.43. The molecular weight excluding hydrogens is 276 g/mol. The summed E-state index contributed by atoms with van der Waals surface area (Å²) in [5.74, 6) is -0.201. The van der Waals surface area contributed by atoms with Crippen LogP contribution in [0.3, 0.4) is 0 Å². The number of nitrogens with two attached hydrogens (primary N) is 1. The molecule has 0 saturated heterocycles. The number of carbonyl (C=O) groups excluding carboxylic acids is 1. The molecule has 0 spiro atoms. The van der Waals surface area contributed by atoms with Gasteiger partial charge >= 0.3 is 5.97 Å². The molecule has 0 bridgehead atoms. The van der Waals surface area contributed by atoms with Crippen LogP contribution in [0.15, 0.2) is 30.3 Å². The summed E-state index contributed by atoms with van der Waals surface area (Å²) in [6, 6.07) is 8.83. The number of benzene rings is 1. The largest absolute Gasteiger partial charge is 0.480 e. The van der Waals surface area contributed by atoms with E-state index in [-0.39, 0.29) is 11.9 Å². The molecule has 5 nitrogen and oxygen atoms in total. The molecule has 0 aliphatic heterocycles. The first-order valence-corrected chi connectivity index (χ1v) is 7.56. The molecule has 20 heavy (non-hydrogen) atoms. The van der Waals surface area contributed by atoms with Crippen molar-refractivity contribution in [1.82, 2.24) is 5.32 Å². The van der Waals surface area contributed by atoms with E-state index in [1.807, 2.05) is 37.3 Å². The molecule has 1 aromatic carbocycles. The van der Waals surface area contributed by atoms with Crippen molar-refractivity contribution in [2.75, 3.05) is 11.5 Å². The fraction of sp³-hybridized carbons (Fsp3) is 0.429. The monoisotopic (exact) mass is 296 g/mol. The molecule has 0 fully saturated rings. The Kier molecular flexibility index (Phi) is 7.11. The van der Waals surface area contributed by atoms with E-state index >= 15 is 0 Å². The molecule has 1 aromatic rings. The van der Waals surface area contributed by atoms with Gasteiger partial charge in [-0.25, -0.2) is 0 Å². The summed E-state index contributed by atoms with van der Waals surface area (Å²) in [6.45, 7) is 1.93. The lowest BCUT2D eigenvalue weighted by Crippen LogP contribution is -2.31. The number of carboxylic acid groups (broad SMARTS) is 1. The molecule has 4 N–H and O–H groups in total. The highest BCUT2D eigenvalue weighted by molar-refractivity contribution is 7.99. The average Bonchev–Trinajstić information content (AvgIpc) is 2.44. The second-order valence-corrected chi connectivity index (χ2v) is 5.59. The second kappa shape index (κ2) is 8.60. The highest BCUT2D eigenvalue weighted by Crippen LogP contribution is 2.12. The molecule has 6 heteroatoms. The molecule has 1 rings (SSSR count). The smallest absolute Gasteiger partial charge is 0.320 e. The van der Waals surface area contributed by atoms with Crippen molar-refractivity contribution in [2.45, 2.75) is 25.4 Å². The summed E-state index contributed by atoms with van der Waals surface area (Å²) < 4.78 is 0. The van der Waals surface area contributed by atoms with Gasteiger partial charge in [0, 0.05) is 0 Å². The van der Waals surface area contributed by atoms with Gasteiger partial charge in [0.15, 0.2) is 0 Å². The lowest BCUT2D eigenvalue weighted by atomic mass is 10.1. The van der Waals surface area contributed by atoms with Crippen LogP contribution >= 0.6 is 11.8 Å². The lowest BCUT2D eigenvalue weighted by Gasteiger charge is -2.14. The van der Waals surface area contributed by atoms with Gasteiger partial charge < -0.3 is 16.2 Å². The van der Waals surface area contributed by atoms with Crippen molar-refractivity contribution in [3.05, 3.63) is 35.9 Å². The number of carbonyl (C=O) groups is 2. The van der Waals surface area contributed by atoms with Crippen LogP contribution in [0.2, 0.25) is 0 Å². The summed E-state index contributed by atoms with van der Waals surface area (Å²) >= 11 is 1.39. The van der Waals surface area contributed by atoms with Gasteiger partial charge in [-0.1, -0.05) is 30.3 Å². The molecule has 0 saturated carbocycles. The van der Waals surface area contributed by atoms with Gasteiger partial charge in [-0.15, -0.1) is 0 Å². The number of aliphatic carboxylic acids is 1. The van der Waals surface area contributed by atoms with E-state index < -0.39 is 12.0 Å². The minimum atomic E-state index is -1.01. The van der Waals surface area contributed by atoms with Gasteiger partial charge in [-0.3, -0.25) is 9.59 Å². The molecule has 110 valence electrons. The summed E-state index contributed by atoms with van der Waals surface area (Å²) in [4.78, 5) is 22.2. The number of rotatable bonds is 8. The van der Waals surface area contributed by atoms with Crippen LogP contribution in [0.4, 0.5) is 0 Å². The molecule has 2 atom stereocenters. The predicted octanol–water partition coefficient (Wildman–Crippen LogP) is 1.40. The van der Waals surface area contributed by atoms with Gasteiger partial charge in [-0.05, 0) is 24.7 Å². The Labute approximate surface area is 122 Å². The minimum Gasteiger partial charge on any atom is -0.480 e. The van der Waals surface area contributed by atoms with E-state index in [9.17, 15) is 9.59 Å². The van der Waals surface area contributed by atoms with Crippen LogP contribution in [0.25, 0.3) is 0 Å². The first kappa shape index (κ1) is 16.5. The van der Waals surface area contributed by atoms with Crippen LogP contribution in [0.5, 0.6) is 0 Å². The van der Waals surface area contributed by atoms with E-state index in [2.05, 4.69) is 5.32 Å². The van der Waals surface area contributed by atoms with Crippen LogP contribution < -0.4 is 11.1 Å². The molecule has 0 aliphatic carbocycles. The van der Waals surface area contributed by atoms with Crippen LogP contribution in [0.1, 0.15) is 24.9 Å². The zero-order valence-corrected chi connectivity index (χ0v) is 12.2. The summed E-state index contributed by atoms with van der Waals surface area (Å²) in [6.07, 6.45) is 0.363. The Morgan fingerprint density at radius 2 is 2.00 bits per heavy atom. The standard InChI is InChI=1S/C14H20N2O3S/c1-10(11-5-3-2-4-6-11)16-13(17)9-20-8-7-12(15)14(18)19/h2-6,10,12H,7-9,15H2,1H3,(H,16,17)(H,18,19). The molecule has 0 radical (unpaired) electrons. The highest BCUT2D eigenvalue weighted by atomic mass is 32.2. The molecule has 0 aromatic heterocycles. The van der Waals surface area contributed by atoms with Crippen molar-refractivity contribution in [1.29, 1.82) is 0 Å². The third-order valence-electron chi connectivity index (χ3n) is 2.80. The zero-order chi connectivity index (χ0) is 15.0. The molecule has 0 heterocycles. The predicted molar refractivity (Wildman–Crippen MR) is 80.6 cm³/mol. The van der Waals surface area contributed by atoms with E-state index in [0.29, 0.717) is 17.9 Å². The Hall–Kier alpha value is -1.53. The molecule has 1 amide bonds. The van der Waals surface area contributed by atoms with E-state index in [0.717, 1.165) is 5.56 Å². The topological polar surface area (TPSA) is 92.4 Å². The Morgan fingerprint density at radius 3 is 2.60 bits per heavy atom. The number of amides is 1. The first-order valence-electron chi connectivity index (χ1n) is 6.41. The fourth-order valence-corrected chi connectivity index (χ4v) is 2.44. The molecule has 0 aliphatic rings. The lowest BCUT2D eigenvalue weighted by molar-refractivity contribution is -0.138. The number of carboxylic acids is 1. The maximum absolute atomic E-state index is 11.7. The van der Waals surface area contributed by atoms with E-state index in [1.165, 1.54) is 11.8 Å². The quantitative estimate of drug-likeness (QED) is 0.631. The maximum Gasteiger partial charge on any atom is 0.320 e. The Balaban J connectivity index is 2.22. The van der Waals surface area contributed by atoms with Crippen molar-refractivity contribution in [3.8, 4) is 0 Å². The van der Waals surface area contributed by atoms with Crippen LogP contribution in [-0.4, -0.2) is 34.5 Å². The summed E-state index contributed by atoms with van der Waals surface area (Å²) in [7, 11) is 0. The molecule has 2 unspecified atom stereocenters. The van der Waals surface area contributed by atoms with Gasteiger partial charge in [0.1, 0.15) is 6.04 Å². The van der Waals surface area contributed by atoms with Crippen molar-refractivity contribution in [2.24, 2.45) is 5.73 Å². The second-order valence-electron chi connectivity index (χ2n) is 4.49. The SMILES string of the molecule is CC(NC(=O)CSCCC(N)C(=O)O)c1ccccc1. The maximum atomic E-state index is 11.7. The third-order valence-corrected chi connectivity index (χ3v) is 3.79. The Bertz CT molecular complexity index is 439. The summed E-state index contributed by atoms with van der Waals surface area (Å²) in [5, 5.41) is 11.5. The van der Waals surface area contributed by atoms with Gasteiger partial charge in [0.05, 0.1) is 11.8 Å². The van der Waals surface area contributed by atoms with Crippen molar-refractivity contribution < 1.29 is 14.7 Å². The van der Waals surface area contributed by atoms with Crippen molar-refractivity contribution in [3.63, 3.8) is 0 Å². The van der Waals surface area contributed by atoms with Crippen LogP contribution in [0, 0.1) is 0 Å². The van der Waals surface area contributed by atoms with Gasteiger partial charge in [0.2, 0.25) is 5.91 Å². The minimum absolute atomic E-state index is 0.0365. The number of nitrogens with one attached hydrogen (secondary N) is 1. The average molecular weight is 296 g/mol. The molecular formula is C14H20N2O3S. The van der Waals surface area contributed by atoms with Gasteiger partial charge in [-0.2, -0.15) is 11.8 Å². The normalized spacial score (nSPS) is 13.5. The Morgan fingerprint density at radius 1 is 1.35 bits per heavy atom. The number of hydrogen-bond donors (Lipinski definition) is 3. The number of hydrogen-bond acceptors (Lipinski definition) is 4. The van der Waals surface area contributed by atoms with Crippen molar-refractivity contribution >= 4 is 23.6 Å². The van der Waals surface area contributed by atoms with Crippen LogP contribution in [-0.2, 0) is 9.59 Å². The number of thioether (sulfide) groups is 1. The first-order chi connectivity index (χ1) is 9.50. The van der Waals surface area contributed by atoms with E-state index in [1.54, 1.807) is 0 Å². The zero-order valence-electron chi connectivity index (χ0n) is 11.4. The highest BCUT2D eigenvalue weighted by Gasteiger charge is 2.12. The van der Waals surface area contributed by atoms with E-state index in [4.69, 9.17) is 10.8 Å². The van der Waals surface area contributed by atoms with Gasteiger partial charge in [0.25, 0.3) is 0 Å². The third kappa shape index (κ3) is 6.08. The fourth-order valence-electron chi connectivity index (χ4n) is 1.61.